The summed E-state index contributed by atoms with van der Waals surface area (Å²) in [6.07, 6.45) is 1.97. The van der Waals surface area contributed by atoms with E-state index in [1.54, 1.807) is 24.3 Å². The third kappa shape index (κ3) is 3.87. The highest BCUT2D eigenvalue weighted by Crippen LogP contribution is 2.23. The van der Waals surface area contributed by atoms with Crippen LogP contribution in [0.1, 0.15) is 16.8 Å². The van der Waals surface area contributed by atoms with E-state index in [1.807, 2.05) is 18.2 Å². The van der Waals surface area contributed by atoms with Crippen molar-refractivity contribution in [3.8, 4) is 11.6 Å². The number of aromatic nitrogens is 1. The van der Waals surface area contributed by atoms with Gasteiger partial charge in [0, 0.05) is 12.2 Å². The van der Waals surface area contributed by atoms with Gasteiger partial charge >= 0.3 is 0 Å². The molecule has 1 atom stereocenters. The normalized spacial score (nSPS) is 19.2. The van der Waals surface area contributed by atoms with Crippen LogP contribution < -0.4 is 10.1 Å². The van der Waals surface area contributed by atoms with Crippen LogP contribution in [-0.4, -0.2) is 36.9 Å². The van der Waals surface area contributed by atoms with Crippen molar-refractivity contribution in [3.05, 3.63) is 54.2 Å². The minimum Gasteiger partial charge on any atom is -0.438 e. The molecule has 0 bridgehead atoms. The van der Waals surface area contributed by atoms with Crippen LogP contribution in [0.15, 0.2) is 48.7 Å². The number of rotatable bonds is 4. The van der Waals surface area contributed by atoms with Gasteiger partial charge in [-0.1, -0.05) is 18.2 Å². The number of para-hydroxylation sites is 1. The van der Waals surface area contributed by atoms with Gasteiger partial charge in [0.05, 0.1) is 11.5 Å². The van der Waals surface area contributed by atoms with E-state index in [1.165, 1.54) is 6.20 Å². The van der Waals surface area contributed by atoms with E-state index in [2.05, 4.69) is 10.3 Å². The summed E-state index contributed by atoms with van der Waals surface area (Å²) in [4.78, 5) is 16.5. The maximum absolute atomic E-state index is 12.4. The molecule has 0 spiro atoms. The maximum atomic E-state index is 12.4. The number of amides is 1. The van der Waals surface area contributed by atoms with E-state index in [-0.39, 0.29) is 34.9 Å². The predicted octanol–water partition coefficient (Wildman–Crippen LogP) is 1.79. The molecule has 7 heteroatoms. The second-order valence-corrected chi connectivity index (χ2v) is 7.57. The Morgan fingerprint density at radius 3 is 2.65 bits per heavy atom. The van der Waals surface area contributed by atoms with Crippen molar-refractivity contribution in [1.29, 1.82) is 0 Å². The number of pyridine rings is 1. The second kappa shape index (κ2) is 6.37. The fourth-order valence-corrected chi connectivity index (χ4v) is 4.09. The van der Waals surface area contributed by atoms with E-state index in [4.69, 9.17) is 4.74 Å². The number of ether oxygens (including phenoxy) is 1. The van der Waals surface area contributed by atoms with Gasteiger partial charge in [0.1, 0.15) is 11.3 Å². The van der Waals surface area contributed by atoms with Crippen molar-refractivity contribution in [3.63, 3.8) is 0 Å². The van der Waals surface area contributed by atoms with Gasteiger partial charge < -0.3 is 10.1 Å². The van der Waals surface area contributed by atoms with E-state index in [9.17, 15) is 13.2 Å². The maximum Gasteiger partial charge on any atom is 0.257 e. The number of carbonyl (C=O) groups is 1. The average molecular weight is 332 g/mol. The Kier molecular flexibility index (Phi) is 4.29. The Hall–Kier alpha value is -2.41. The first kappa shape index (κ1) is 15.5. The van der Waals surface area contributed by atoms with Crippen molar-refractivity contribution in [2.24, 2.45) is 0 Å². The lowest BCUT2D eigenvalue weighted by Gasteiger charge is -2.13. The van der Waals surface area contributed by atoms with Crippen LogP contribution in [0.4, 0.5) is 0 Å². The molecular formula is C16H16N2O4S. The number of sulfone groups is 1. The van der Waals surface area contributed by atoms with Crippen LogP contribution in [0, 0.1) is 0 Å². The monoisotopic (exact) mass is 332 g/mol. The van der Waals surface area contributed by atoms with Gasteiger partial charge in [-0.2, -0.15) is 0 Å². The lowest BCUT2D eigenvalue weighted by Crippen LogP contribution is -2.35. The molecule has 1 N–H and O–H groups in total. The number of benzene rings is 1. The molecule has 6 nitrogen and oxygen atoms in total. The van der Waals surface area contributed by atoms with Crippen LogP contribution >= 0.6 is 0 Å². The zero-order valence-electron chi connectivity index (χ0n) is 12.3. The number of hydrogen-bond donors (Lipinski definition) is 1. The third-order valence-electron chi connectivity index (χ3n) is 3.54. The Bertz CT molecular complexity index is 806. The molecular weight excluding hydrogens is 316 g/mol. The Morgan fingerprint density at radius 2 is 1.96 bits per heavy atom. The molecule has 1 saturated heterocycles. The Morgan fingerprint density at radius 1 is 1.17 bits per heavy atom. The molecule has 1 aromatic carbocycles. The highest BCUT2D eigenvalue weighted by Gasteiger charge is 2.29. The molecule has 0 unspecified atom stereocenters. The van der Waals surface area contributed by atoms with Gasteiger partial charge in [0.25, 0.3) is 5.91 Å². The first-order chi connectivity index (χ1) is 11.0. The van der Waals surface area contributed by atoms with E-state index in [0.29, 0.717) is 12.2 Å². The first-order valence-corrected chi connectivity index (χ1v) is 9.05. The summed E-state index contributed by atoms with van der Waals surface area (Å²) in [6, 6.07) is 11.9. The lowest BCUT2D eigenvalue weighted by molar-refractivity contribution is 0.0938. The molecule has 0 radical (unpaired) electrons. The largest absolute Gasteiger partial charge is 0.438 e. The number of nitrogens with one attached hydrogen (secondary N) is 1. The smallest absolute Gasteiger partial charge is 0.257 e. The standard InChI is InChI=1S/C16H16N2O4S/c19-15(18-12-8-10-23(20,21)11-12)14-7-4-9-17-16(14)22-13-5-2-1-3-6-13/h1-7,9,12H,8,10-11H2,(H,18,19)/t12-/m1/s1. The van der Waals surface area contributed by atoms with Crippen LogP contribution in [0.25, 0.3) is 0 Å². The van der Waals surface area contributed by atoms with Crippen molar-refractivity contribution in [1.82, 2.24) is 10.3 Å². The summed E-state index contributed by atoms with van der Waals surface area (Å²) >= 11 is 0. The van der Waals surface area contributed by atoms with Crippen molar-refractivity contribution in [2.75, 3.05) is 11.5 Å². The van der Waals surface area contributed by atoms with Crippen LogP contribution in [-0.2, 0) is 9.84 Å². The van der Waals surface area contributed by atoms with E-state index in [0.717, 1.165) is 0 Å². The molecule has 3 rings (SSSR count). The van der Waals surface area contributed by atoms with Crippen LogP contribution in [0.5, 0.6) is 11.6 Å². The highest BCUT2D eigenvalue weighted by molar-refractivity contribution is 7.91. The minimum absolute atomic E-state index is 0.0200. The van der Waals surface area contributed by atoms with Crippen molar-refractivity contribution in [2.45, 2.75) is 12.5 Å². The third-order valence-corrected chi connectivity index (χ3v) is 5.31. The van der Waals surface area contributed by atoms with Gasteiger partial charge in [-0.25, -0.2) is 13.4 Å². The quantitative estimate of drug-likeness (QED) is 0.922. The molecule has 0 aliphatic carbocycles. The predicted molar refractivity (Wildman–Crippen MR) is 85.3 cm³/mol. The molecule has 2 aromatic rings. The molecule has 1 fully saturated rings. The first-order valence-electron chi connectivity index (χ1n) is 7.23. The highest BCUT2D eigenvalue weighted by atomic mass is 32.2. The van der Waals surface area contributed by atoms with Crippen molar-refractivity contribution >= 4 is 15.7 Å². The summed E-state index contributed by atoms with van der Waals surface area (Å²) in [5.74, 6) is 0.471. The van der Waals surface area contributed by atoms with E-state index >= 15 is 0 Å². The summed E-state index contributed by atoms with van der Waals surface area (Å²) in [7, 11) is -3.04. The molecule has 23 heavy (non-hydrogen) atoms. The van der Waals surface area contributed by atoms with E-state index < -0.39 is 9.84 Å². The van der Waals surface area contributed by atoms with Gasteiger partial charge in [0.2, 0.25) is 5.88 Å². The Balaban J connectivity index is 1.76. The zero-order chi connectivity index (χ0) is 16.3. The van der Waals surface area contributed by atoms with Crippen LogP contribution in [0.2, 0.25) is 0 Å². The van der Waals surface area contributed by atoms with Crippen molar-refractivity contribution < 1.29 is 17.9 Å². The summed E-state index contributed by atoms with van der Waals surface area (Å²) < 4.78 is 28.6. The zero-order valence-corrected chi connectivity index (χ0v) is 13.1. The molecule has 120 valence electrons. The number of carbonyl (C=O) groups excluding carboxylic acids is 1. The second-order valence-electron chi connectivity index (χ2n) is 5.34. The number of hydrogen-bond acceptors (Lipinski definition) is 5. The van der Waals surface area contributed by atoms with Gasteiger partial charge in [-0.05, 0) is 30.7 Å². The fourth-order valence-electron chi connectivity index (χ4n) is 2.42. The number of nitrogens with zero attached hydrogens (tertiary/aromatic N) is 1. The fraction of sp³-hybridized carbons (Fsp3) is 0.250. The van der Waals surface area contributed by atoms with Gasteiger partial charge in [0.15, 0.2) is 9.84 Å². The lowest BCUT2D eigenvalue weighted by atomic mass is 10.2. The Labute approximate surface area is 134 Å². The summed E-state index contributed by atoms with van der Waals surface area (Å²) in [5.41, 5.74) is 0.278. The molecule has 0 saturated carbocycles. The SMILES string of the molecule is O=C(N[C@@H]1CCS(=O)(=O)C1)c1cccnc1Oc1ccccc1. The van der Waals surface area contributed by atoms with Gasteiger partial charge in [-0.3, -0.25) is 4.79 Å². The summed E-state index contributed by atoms with van der Waals surface area (Å²) in [6.45, 7) is 0. The molecule has 1 aliphatic heterocycles. The molecule has 2 heterocycles. The minimum atomic E-state index is -3.04. The molecule has 1 aromatic heterocycles. The molecule has 1 amide bonds. The summed E-state index contributed by atoms with van der Waals surface area (Å²) in [5, 5.41) is 2.74. The van der Waals surface area contributed by atoms with Crippen LogP contribution in [0.3, 0.4) is 0 Å². The topological polar surface area (TPSA) is 85.4 Å². The van der Waals surface area contributed by atoms with Gasteiger partial charge in [-0.15, -0.1) is 0 Å². The molecule has 1 aliphatic rings. The average Bonchev–Trinajstić information content (AvgIpc) is 2.87.